The summed E-state index contributed by atoms with van der Waals surface area (Å²) in [5, 5.41) is 0. The van der Waals surface area contributed by atoms with Crippen molar-refractivity contribution in [3.63, 3.8) is 0 Å². The van der Waals surface area contributed by atoms with Gasteiger partial charge in [0.25, 0.3) is 0 Å². The van der Waals surface area contributed by atoms with E-state index in [9.17, 15) is 4.39 Å². The summed E-state index contributed by atoms with van der Waals surface area (Å²) in [4.78, 5) is 4.74. The number of rotatable bonds is 3. The van der Waals surface area contributed by atoms with Gasteiger partial charge in [-0.1, -0.05) is 81.4 Å². The van der Waals surface area contributed by atoms with Crippen LogP contribution in [-0.4, -0.2) is 37.6 Å². The van der Waals surface area contributed by atoms with Gasteiger partial charge in [0.05, 0.1) is 5.69 Å². The van der Waals surface area contributed by atoms with Crippen LogP contribution in [0.25, 0.3) is 0 Å². The van der Waals surface area contributed by atoms with Gasteiger partial charge >= 0.3 is 0 Å². The van der Waals surface area contributed by atoms with Crippen molar-refractivity contribution in [1.82, 2.24) is 4.90 Å². The van der Waals surface area contributed by atoms with Crippen LogP contribution in [0.1, 0.15) is 88.5 Å². The molecule has 0 unspecified atom stereocenters. The average Bonchev–Trinajstić information content (AvgIpc) is 2.79. The summed E-state index contributed by atoms with van der Waals surface area (Å²) in [6.07, 6.45) is 3.77. The molecule has 28 heavy (non-hydrogen) atoms. The Kier molecular flexibility index (Phi) is 27.0. The van der Waals surface area contributed by atoms with Crippen LogP contribution in [0, 0.1) is 11.7 Å². The first-order chi connectivity index (χ1) is 13.8. The number of anilines is 1. The van der Waals surface area contributed by atoms with Gasteiger partial charge in [0.2, 0.25) is 0 Å². The second-order valence-electron chi connectivity index (χ2n) is 5.54. The Morgan fingerprint density at radius 1 is 0.750 bits per heavy atom. The molecule has 1 aromatic rings. The minimum Gasteiger partial charge on any atom is -0.369 e. The summed E-state index contributed by atoms with van der Waals surface area (Å²) in [6, 6.07) is 7.13. The van der Waals surface area contributed by atoms with E-state index in [0.717, 1.165) is 24.7 Å². The molecule has 2 aliphatic rings. The maximum Gasteiger partial charge on any atom is 0.146 e. The Balaban J connectivity index is -0.000000548. The van der Waals surface area contributed by atoms with Crippen LogP contribution in [0.3, 0.4) is 0 Å². The van der Waals surface area contributed by atoms with Gasteiger partial charge in [-0.05, 0) is 50.4 Å². The van der Waals surface area contributed by atoms with Crippen LogP contribution in [-0.2, 0) is 0 Å². The van der Waals surface area contributed by atoms with Crippen LogP contribution in [0.4, 0.5) is 10.1 Å². The van der Waals surface area contributed by atoms with Crippen molar-refractivity contribution >= 4 is 5.69 Å². The van der Waals surface area contributed by atoms with E-state index in [4.69, 9.17) is 0 Å². The first-order valence-electron chi connectivity index (χ1n) is 12.0. The molecule has 0 amide bonds. The molecule has 1 aromatic carbocycles. The lowest BCUT2D eigenvalue weighted by molar-refractivity contribution is 0.141. The fraction of sp³-hybridized carbons (Fsp3) is 0.760. The average molecular weight is 399 g/mol. The number of nitrogens with zero attached hydrogens (tertiary/aromatic N) is 2. The molecule has 0 atom stereocenters. The summed E-state index contributed by atoms with van der Waals surface area (Å²) in [5.41, 5.74) is 0.778. The topological polar surface area (TPSA) is 6.48 Å². The first kappa shape index (κ1) is 31.6. The van der Waals surface area contributed by atoms with Crippen LogP contribution in [0.15, 0.2) is 24.3 Å². The molecule has 0 radical (unpaired) electrons. The first-order valence-corrected chi connectivity index (χ1v) is 12.0. The molecule has 2 fully saturated rings. The highest BCUT2D eigenvalue weighted by atomic mass is 19.1. The predicted octanol–water partition coefficient (Wildman–Crippen LogP) is 7.88. The van der Waals surface area contributed by atoms with E-state index in [1.165, 1.54) is 38.9 Å². The van der Waals surface area contributed by atoms with E-state index in [0.29, 0.717) is 0 Å². The number of halogens is 1. The predicted molar refractivity (Wildman–Crippen MR) is 129 cm³/mol. The van der Waals surface area contributed by atoms with Crippen molar-refractivity contribution in [3.8, 4) is 0 Å². The Labute approximate surface area is 177 Å². The zero-order chi connectivity index (χ0) is 22.4. The fourth-order valence-electron chi connectivity index (χ4n) is 2.99. The van der Waals surface area contributed by atoms with Crippen molar-refractivity contribution in [3.05, 3.63) is 30.1 Å². The van der Waals surface area contributed by atoms with Crippen LogP contribution < -0.4 is 4.90 Å². The minimum absolute atomic E-state index is 0.0845. The molecule has 0 bridgehead atoms. The normalized spacial score (nSPS) is 15.2. The second kappa shape index (κ2) is 23.9. The van der Waals surface area contributed by atoms with Gasteiger partial charge in [-0.2, -0.15) is 0 Å². The van der Waals surface area contributed by atoms with E-state index >= 15 is 0 Å². The molecule has 0 N–H and O–H groups in total. The number of hydrogen-bond donors (Lipinski definition) is 0. The van der Waals surface area contributed by atoms with Crippen molar-refractivity contribution in [1.29, 1.82) is 0 Å². The number of piperidine rings is 1. The zero-order valence-corrected chi connectivity index (χ0v) is 20.8. The Bertz CT molecular complexity index is 397. The number of likely N-dealkylation sites (tertiary alicyclic amines) is 1. The summed E-state index contributed by atoms with van der Waals surface area (Å²) in [5.74, 6) is 0.729. The standard InChI is InChI=1S/C15H21FN2.5C2H6/c16-14-4-1-2-5-15(14)18-10-6-13(7-11-18)12-17-8-3-9-17;5*1-2/h1-2,4-5,13H,3,6-12H2;5*1-2H3. The third-order valence-corrected chi connectivity index (χ3v) is 4.27. The minimum atomic E-state index is -0.0845. The zero-order valence-electron chi connectivity index (χ0n) is 20.8. The van der Waals surface area contributed by atoms with Gasteiger partial charge in [0.1, 0.15) is 5.82 Å². The number of para-hydroxylation sites is 1. The molecular formula is C25H51FN2. The molecule has 0 saturated carbocycles. The van der Waals surface area contributed by atoms with Gasteiger partial charge in [0.15, 0.2) is 0 Å². The lowest BCUT2D eigenvalue weighted by Gasteiger charge is -2.39. The SMILES string of the molecule is CC.CC.CC.CC.CC.Fc1ccccc1N1CCC(CN2CCC2)CC1. The van der Waals surface area contributed by atoms with Gasteiger partial charge in [-0.15, -0.1) is 0 Å². The van der Waals surface area contributed by atoms with Crippen molar-refractivity contribution in [2.45, 2.75) is 88.5 Å². The van der Waals surface area contributed by atoms with Crippen LogP contribution in [0.5, 0.6) is 0 Å². The highest BCUT2D eigenvalue weighted by molar-refractivity contribution is 5.47. The van der Waals surface area contributed by atoms with E-state index < -0.39 is 0 Å². The van der Waals surface area contributed by atoms with E-state index in [1.54, 1.807) is 12.1 Å². The molecule has 0 aromatic heterocycles. The lowest BCUT2D eigenvalue weighted by Crippen LogP contribution is -2.44. The van der Waals surface area contributed by atoms with Gasteiger partial charge in [-0.3, -0.25) is 0 Å². The summed E-state index contributed by atoms with van der Waals surface area (Å²) < 4.78 is 13.7. The number of benzene rings is 1. The summed E-state index contributed by atoms with van der Waals surface area (Å²) in [6.45, 7) is 25.8. The van der Waals surface area contributed by atoms with Crippen molar-refractivity contribution in [2.24, 2.45) is 5.92 Å². The largest absolute Gasteiger partial charge is 0.369 e. The highest BCUT2D eigenvalue weighted by Gasteiger charge is 2.24. The van der Waals surface area contributed by atoms with Crippen molar-refractivity contribution in [2.75, 3.05) is 37.6 Å². The molecule has 2 aliphatic heterocycles. The van der Waals surface area contributed by atoms with Gasteiger partial charge in [0, 0.05) is 19.6 Å². The molecule has 168 valence electrons. The maximum atomic E-state index is 13.7. The maximum absolute atomic E-state index is 13.7. The molecule has 0 aliphatic carbocycles. The second-order valence-corrected chi connectivity index (χ2v) is 5.54. The third-order valence-electron chi connectivity index (χ3n) is 4.27. The Hall–Kier alpha value is -1.09. The molecule has 3 heteroatoms. The number of hydrogen-bond acceptors (Lipinski definition) is 2. The molecular weight excluding hydrogens is 347 g/mol. The Morgan fingerprint density at radius 3 is 1.61 bits per heavy atom. The fourth-order valence-corrected chi connectivity index (χ4v) is 2.99. The molecule has 2 saturated heterocycles. The molecule has 2 nitrogen and oxygen atoms in total. The van der Waals surface area contributed by atoms with E-state index in [2.05, 4.69) is 9.80 Å². The summed E-state index contributed by atoms with van der Waals surface area (Å²) >= 11 is 0. The van der Waals surface area contributed by atoms with Crippen LogP contribution >= 0.6 is 0 Å². The van der Waals surface area contributed by atoms with Crippen molar-refractivity contribution < 1.29 is 4.39 Å². The molecule has 0 spiro atoms. The summed E-state index contributed by atoms with van der Waals surface area (Å²) in [7, 11) is 0. The van der Waals surface area contributed by atoms with E-state index in [-0.39, 0.29) is 5.82 Å². The monoisotopic (exact) mass is 398 g/mol. The van der Waals surface area contributed by atoms with Crippen LogP contribution in [0.2, 0.25) is 0 Å². The van der Waals surface area contributed by atoms with Gasteiger partial charge in [-0.25, -0.2) is 4.39 Å². The molecule has 3 rings (SSSR count). The highest BCUT2D eigenvalue weighted by Crippen LogP contribution is 2.26. The molecule has 2 heterocycles. The smallest absolute Gasteiger partial charge is 0.146 e. The third kappa shape index (κ3) is 12.4. The Morgan fingerprint density at radius 2 is 1.21 bits per heavy atom. The van der Waals surface area contributed by atoms with E-state index in [1.807, 2.05) is 81.4 Å². The lowest BCUT2D eigenvalue weighted by atomic mass is 9.94. The van der Waals surface area contributed by atoms with Gasteiger partial charge < -0.3 is 9.80 Å². The quantitative estimate of drug-likeness (QED) is 0.511.